The first-order chi connectivity index (χ1) is 8.13. The zero-order chi connectivity index (χ0) is 12.4. The Hall–Kier alpha value is -1.97. The summed E-state index contributed by atoms with van der Waals surface area (Å²) in [6.07, 6.45) is 3.42. The van der Waals surface area contributed by atoms with E-state index >= 15 is 0 Å². The lowest BCUT2D eigenvalue weighted by Crippen LogP contribution is -1.95. The standard InChI is InChI=1S/C13H16N2O2/c1-3-4-9-7-10(13(17)8-12(9)16)11-5-6-14-15(11)2/h5-8,16-17H,3-4H2,1-2H3. The third-order valence-electron chi connectivity index (χ3n) is 2.81. The Balaban J connectivity index is 2.54. The molecular weight excluding hydrogens is 216 g/mol. The molecule has 1 heterocycles. The fourth-order valence-electron chi connectivity index (χ4n) is 1.93. The van der Waals surface area contributed by atoms with E-state index in [1.807, 2.05) is 19.2 Å². The number of aryl methyl sites for hydroxylation is 2. The van der Waals surface area contributed by atoms with Gasteiger partial charge in [-0.25, -0.2) is 0 Å². The highest BCUT2D eigenvalue weighted by molar-refractivity contribution is 5.69. The summed E-state index contributed by atoms with van der Waals surface area (Å²) in [7, 11) is 1.82. The topological polar surface area (TPSA) is 58.3 Å². The number of aromatic nitrogens is 2. The van der Waals surface area contributed by atoms with E-state index in [9.17, 15) is 10.2 Å². The van der Waals surface area contributed by atoms with Crippen LogP contribution in [0.5, 0.6) is 11.5 Å². The first-order valence-corrected chi connectivity index (χ1v) is 5.66. The van der Waals surface area contributed by atoms with Crippen molar-refractivity contribution in [2.24, 2.45) is 7.05 Å². The molecule has 1 aromatic carbocycles. The fourth-order valence-corrected chi connectivity index (χ4v) is 1.93. The van der Waals surface area contributed by atoms with Gasteiger partial charge in [-0.3, -0.25) is 4.68 Å². The van der Waals surface area contributed by atoms with Crippen LogP contribution in [0.1, 0.15) is 18.9 Å². The molecule has 2 rings (SSSR count). The minimum Gasteiger partial charge on any atom is -0.508 e. The lowest BCUT2D eigenvalue weighted by molar-refractivity contribution is 0.446. The van der Waals surface area contributed by atoms with Gasteiger partial charge in [0.1, 0.15) is 11.5 Å². The van der Waals surface area contributed by atoms with Crippen LogP contribution < -0.4 is 0 Å². The van der Waals surface area contributed by atoms with Gasteiger partial charge in [0.25, 0.3) is 0 Å². The summed E-state index contributed by atoms with van der Waals surface area (Å²) in [5, 5.41) is 23.7. The van der Waals surface area contributed by atoms with Gasteiger partial charge < -0.3 is 10.2 Å². The van der Waals surface area contributed by atoms with Crippen LogP contribution in [-0.2, 0) is 13.5 Å². The summed E-state index contributed by atoms with van der Waals surface area (Å²) in [5.41, 5.74) is 2.38. The van der Waals surface area contributed by atoms with Crippen molar-refractivity contribution < 1.29 is 10.2 Å². The summed E-state index contributed by atoms with van der Waals surface area (Å²) in [6, 6.07) is 5.06. The van der Waals surface area contributed by atoms with Gasteiger partial charge in [0.15, 0.2) is 0 Å². The predicted octanol–water partition coefficient (Wildman–Crippen LogP) is 2.45. The van der Waals surface area contributed by atoms with Gasteiger partial charge in [0, 0.05) is 24.9 Å². The maximum atomic E-state index is 9.88. The van der Waals surface area contributed by atoms with Crippen LogP contribution in [0.4, 0.5) is 0 Å². The molecule has 2 N–H and O–H groups in total. The molecule has 0 aliphatic carbocycles. The highest BCUT2D eigenvalue weighted by Crippen LogP contribution is 2.34. The largest absolute Gasteiger partial charge is 0.508 e. The van der Waals surface area contributed by atoms with E-state index in [0.717, 1.165) is 24.1 Å². The van der Waals surface area contributed by atoms with Crippen LogP contribution in [0.3, 0.4) is 0 Å². The van der Waals surface area contributed by atoms with Gasteiger partial charge in [-0.15, -0.1) is 0 Å². The van der Waals surface area contributed by atoms with Crippen LogP contribution >= 0.6 is 0 Å². The number of phenols is 2. The summed E-state index contributed by atoms with van der Waals surface area (Å²) < 4.78 is 1.70. The first-order valence-electron chi connectivity index (χ1n) is 5.66. The zero-order valence-electron chi connectivity index (χ0n) is 10.0. The number of benzene rings is 1. The lowest BCUT2D eigenvalue weighted by Gasteiger charge is -2.10. The molecular formula is C13H16N2O2. The van der Waals surface area contributed by atoms with E-state index in [4.69, 9.17) is 0 Å². The van der Waals surface area contributed by atoms with Crippen molar-refractivity contribution in [1.82, 2.24) is 9.78 Å². The second-order valence-electron chi connectivity index (χ2n) is 4.09. The van der Waals surface area contributed by atoms with Gasteiger partial charge in [-0.1, -0.05) is 13.3 Å². The van der Waals surface area contributed by atoms with Crippen LogP contribution in [0.15, 0.2) is 24.4 Å². The molecule has 0 aliphatic heterocycles. The lowest BCUT2D eigenvalue weighted by atomic mass is 10.0. The Morgan fingerprint density at radius 3 is 2.59 bits per heavy atom. The van der Waals surface area contributed by atoms with E-state index in [0.29, 0.717) is 5.56 Å². The molecule has 0 atom stereocenters. The molecule has 0 radical (unpaired) electrons. The molecule has 0 saturated carbocycles. The maximum absolute atomic E-state index is 9.88. The van der Waals surface area contributed by atoms with Gasteiger partial charge >= 0.3 is 0 Å². The van der Waals surface area contributed by atoms with Gasteiger partial charge in [0.05, 0.1) is 5.69 Å². The Kier molecular flexibility index (Phi) is 3.04. The average molecular weight is 232 g/mol. The number of phenolic OH excluding ortho intramolecular Hbond substituents is 2. The number of nitrogens with zero attached hydrogens (tertiary/aromatic N) is 2. The molecule has 0 saturated heterocycles. The van der Waals surface area contributed by atoms with Crippen molar-refractivity contribution in [3.05, 3.63) is 30.0 Å². The molecule has 0 fully saturated rings. The Labute approximate surface area is 100 Å². The highest BCUT2D eigenvalue weighted by atomic mass is 16.3. The van der Waals surface area contributed by atoms with Gasteiger partial charge in [0.2, 0.25) is 0 Å². The molecule has 4 heteroatoms. The van der Waals surface area contributed by atoms with Crippen LogP contribution in [0.25, 0.3) is 11.3 Å². The summed E-state index contributed by atoms with van der Waals surface area (Å²) in [4.78, 5) is 0. The molecule has 0 amide bonds. The highest BCUT2D eigenvalue weighted by Gasteiger charge is 2.12. The second kappa shape index (κ2) is 4.49. The van der Waals surface area contributed by atoms with Crippen molar-refractivity contribution >= 4 is 0 Å². The average Bonchev–Trinajstić information content (AvgIpc) is 2.69. The van der Waals surface area contributed by atoms with Crippen molar-refractivity contribution in [3.63, 3.8) is 0 Å². The predicted molar refractivity (Wildman–Crippen MR) is 66.0 cm³/mol. The molecule has 0 spiro atoms. The van der Waals surface area contributed by atoms with Crippen molar-refractivity contribution in [3.8, 4) is 22.8 Å². The quantitative estimate of drug-likeness (QED) is 0.854. The minimum absolute atomic E-state index is 0.0750. The van der Waals surface area contributed by atoms with Crippen molar-refractivity contribution in [1.29, 1.82) is 0 Å². The smallest absolute Gasteiger partial charge is 0.128 e. The molecule has 0 bridgehead atoms. The summed E-state index contributed by atoms with van der Waals surface area (Å²) >= 11 is 0. The third kappa shape index (κ3) is 2.11. The van der Waals surface area contributed by atoms with Crippen LogP contribution in [-0.4, -0.2) is 20.0 Å². The molecule has 17 heavy (non-hydrogen) atoms. The molecule has 2 aromatic rings. The number of hydrogen-bond acceptors (Lipinski definition) is 3. The first kappa shape index (κ1) is 11.5. The monoisotopic (exact) mass is 232 g/mol. The Bertz CT molecular complexity index is 532. The number of aromatic hydroxyl groups is 2. The third-order valence-corrected chi connectivity index (χ3v) is 2.81. The number of rotatable bonds is 3. The van der Waals surface area contributed by atoms with Gasteiger partial charge in [-0.05, 0) is 24.1 Å². The minimum atomic E-state index is 0.0750. The molecule has 90 valence electrons. The van der Waals surface area contributed by atoms with E-state index in [-0.39, 0.29) is 11.5 Å². The van der Waals surface area contributed by atoms with E-state index in [1.54, 1.807) is 10.9 Å². The fraction of sp³-hybridized carbons (Fsp3) is 0.308. The van der Waals surface area contributed by atoms with Gasteiger partial charge in [-0.2, -0.15) is 5.10 Å². The second-order valence-corrected chi connectivity index (χ2v) is 4.09. The Morgan fingerprint density at radius 1 is 1.24 bits per heavy atom. The van der Waals surface area contributed by atoms with Crippen molar-refractivity contribution in [2.75, 3.05) is 0 Å². The normalized spacial score (nSPS) is 10.7. The van der Waals surface area contributed by atoms with Crippen LogP contribution in [0, 0.1) is 0 Å². The molecule has 1 aromatic heterocycles. The molecule has 4 nitrogen and oxygen atoms in total. The van der Waals surface area contributed by atoms with E-state index < -0.39 is 0 Å². The Morgan fingerprint density at radius 2 is 2.00 bits per heavy atom. The summed E-state index contributed by atoms with van der Waals surface area (Å²) in [6.45, 7) is 2.05. The van der Waals surface area contributed by atoms with E-state index in [1.165, 1.54) is 6.07 Å². The summed E-state index contributed by atoms with van der Waals surface area (Å²) in [5.74, 6) is 0.223. The SMILES string of the molecule is CCCc1cc(-c2ccnn2C)c(O)cc1O. The van der Waals surface area contributed by atoms with Crippen molar-refractivity contribution in [2.45, 2.75) is 19.8 Å². The maximum Gasteiger partial charge on any atom is 0.128 e. The van der Waals surface area contributed by atoms with E-state index in [2.05, 4.69) is 12.0 Å². The number of hydrogen-bond donors (Lipinski definition) is 2. The zero-order valence-corrected chi connectivity index (χ0v) is 10.0. The molecule has 0 unspecified atom stereocenters. The molecule has 0 aliphatic rings. The van der Waals surface area contributed by atoms with Crippen LogP contribution in [0.2, 0.25) is 0 Å².